The van der Waals surface area contributed by atoms with E-state index in [0.29, 0.717) is 0 Å². The molecule has 1 unspecified atom stereocenters. The molecule has 0 aliphatic rings. The van der Waals surface area contributed by atoms with E-state index in [1.165, 1.54) is 13.8 Å². The molecule has 0 saturated carbocycles. The standard InChI is InChI=1S/C8H16O6/c1-3-6(10,5-9)8(13,14)7(11,12)4-2/h5,10-14H,3-4H2,1-2H3. The second-order valence-corrected chi connectivity index (χ2v) is 3.24. The van der Waals surface area contributed by atoms with Gasteiger partial charge in [-0.2, -0.15) is 0 Å². The number of hydrogen-bond acceptors (Lipinski definition) is 6. The Morgan fingerprint density at radius 3 is 1.64 bits per heavy atom. The minimum atomic E-state index is -3.30. The van der Waals surface area contributed by atoms with E-state index in [9.17, 15) is 30.3 Å². The normalized spacial score (nSPS) is 17.6. The molecular weight excluding hydrogens is 192 g/mol. The first-order chi connectivity index (χ1) is 6.18. The quantitative estimate of drug-likeness (QED) is 0.266. The molecule has 0 aliphatic heterocycles. The van der Waals surface area contributed by atoms with Crippen LogP contribution in [-0.4, -0.2) is 49.0 Å². The Kier molecular flexibility index (Phi) is 3.77. The van der Waals surface area contributed by atoms with Crippen LogP contribution in [0.3, 0.4) is 0 Å². The predicted molar refractivity (Wildman–Crippen MR) is 45.9 cm³/mol. The van der Waals surface area contributed by atoms with Crippen molar-refractivity contribution in [1.29, 1.82) is 0 Å². The zero-order chi connectivity index (χ0) is 11.6. The van der Waals surface area contributed by atoms with Gasteiger partial charge in [-0.15, -0.1) is 0 Å². The maximum Gasteiger partial charge on any atom is 0.255 e. The zero-order valence-electron chi connectivity index (χ0n) is 8.14. The molecule has 6 heteroatoms. The van der Waals surface area contributed by atoms with Gasteiger partial charge in [0.15, 0.2) is 11.9 Å². The summed E-state index contributed by atoms with van der Waals surface area (Å²) in [6, 6.07) is 0. The van der Waals surface area contributed by atoms with Gasteiger partial charge in [0.1, 0.15) is 0 Å². The molecule has 0 heterocycles. The molecule has 0 aromatic carbocycles. The van der Waals surface area contributed by atoms with Crippen molar-refractivity contribution in [2.24, 2.45) is 0 Å². The van der Waals surface area contributed by atoms with Crippen LogP contribution >= 0.6 is 0 Å². The van der Waals surface area contributed by atoms with Crippen LogP contribution in [0.25, 0.3) is 0 Å². The second kappa shape index (κ2) is 3.92. The van der Waals surface area contributed by atoms with Gasteiger partial charge < -0.3 is 25.5 Å². The molecule has 0 aliphatic carbocycles. The van der Waals surface area contributed by atoms with Crippen LogP contribution < -0.4 is 0 Å². The van der Waals surface area contributed by atoms with E-state index in [2.05, 4.69) is 0 Å². The molecule has 1 atom stereocenters. The van der Waals surface area contributed by atoms with Gasteiger partial charge >= 0.3 is 0 Å². The maximum atomic E-state index is 10.5. The van der Waals surface area contributed by atoms with Gasteiger partial charge in [0.25, 0.3) is 5.79 Å². The Morgan fingerprint density at radius 2 is 1.43 bits per heavy atom. The number of aldehydes is 1. The van der Waals surface area contributed by atoms with Gasteiger partial charge in [-0.1, -0.05) is 13.8 Å². The van der Waals surface area contributed by atoms with E-state index < -0.39 is 23.6 Å². The third-order valence-electron chi connectivity index (χ3n) is 2.39. The molecule has 0 saturated heterocycles. The minimum Gasteiger partial charge on any atom is -0.377 e. The lowest BCUT2D eigenvalue weighted by Gasteiger charge is -2.42. The predicted octanol–water partition coefficient (Wildman–Crippen LogP) is -1.90. The lowest BCUT2D eigenvalue weighted by Crippen LogP contribution is -2.68. The Labute approximate surface area is 81.4 Å². The van der Waals surface area contributed by atoms with Crippen molar-refractivity contribution in [2.45, 2.75) is 43.9 Å². The molecule has 84 valence electrons. The van der Waals surface area contributed by atoms with Gasteiger partial charge in [0, 0.05) is 6.42 Å². The summed E-state index contributed by atoms with van der Waals surface area (Å²) in [5, 5.41) is 46.5. The highest BCUT2D eigenvalue weighted by atomic mass is 16.6. The molecule has 0 aromatic rings. The molecule has 14 heavy (non-hydrogen) atoms. The van der Waals surface area contributed by atoms with Crippen LogP contribution in [0.5, 0.6) is 0 Å². The fourth-order valence-electron chi connectivity index (χ4n) is 1.01. The SMILES string of the molecule is CCC(O)(O)C(O)(O)C(O)(C=O)CC. The first kappa shape index (κ1) is 13.5. The largest absolute Gasteiger partial charge is 0.377 e. The van der Waals surface area contributed by atoms with Crippen molar-refractivity contribution in [3.05, 3.63) is 0 Å². The fourth-order valence-corrected chi connectivity index (χ4v) is 1.01. The van der Waals surface area contributed by atoms with E-state index in [-0.39, 0.29) is 12.7 Å². The van der Waals surface area contributed by atoms with E-state index in [0.717, 1.165) is 0 Å². The van der Waals surface area contributed by atoms with Crippen LogP contribution in [0, 0.1) is 0 Å². The summed E-state index contributed by atoms with van der Waals surface area (Å²) in [4.78, 5) is 10.5. The number of carbonyl (C=O) groups is 1. The molecule has 0 bridgehead atoms. The smallest absolute Gasteiger partial charge is 0.255 e. The average Bonchev–Trinajstić information content (AvgIpc) is 2.15. The summed E-state index contributed by atoms with van der Waals surface area (Å²) in [5.74, 6) is -6.25. The van der Waals surface area contributed by atoms with Crippen LogP contribution in [0.1, 0.15) is 26.7 Å². The van der Waals surface area contributed by atoms with E-state index in [4.69, 9.17) is 0 Å². The van der Waals surface area contributed by atoms with Gasteiger partial charge in [-0.3, -0.25) is 4.79 Å². The van der Waals surface area contributed by atoms with Crippen molar-refractivity contribution in [2.75, 3.05) is 0 Å². The zero-order valence-corrected chi connectivity index (χ0v) is 8.14. The van der Waals surface area contributed by atoms with Gasteiger partial charge in [0.2, 0.25) is 5.79 Å². The number of carbonyl (C=O) groups excluding carboxylic acids is 1. The van der Waals surface area contributed by atoms with Gasteiger partial charge in [-0.25, -0.2) is 0 Å². The van der Waals surface area contributed by atoms with E-state index >= 15 is 0 Å². The highest BCUT2D eigenvalue weighted by Crippen LogP contribution is 2.32. The Morgan fingerprint density at radius 1 is 1.00 bits per heavy atom. The summed E-state index contributed by atoms with van der Waals surface area (Å²) in [6.07, 6.45) is -0.924. The molecule has 0 amide bonds. The van der Waals surface area contributed by atoms with Crippen LogP contribution in [0.4, 0.5) is 0 Å². The van der Waals surface area contributed by atoms with Crippen molar-refractivity contribution in [1.82, 2.24) is 0 Å². The number of hydrogen-bond donors (Lipinski definition) is 5. The molecule has 0 fully saturated rings. The first-order valence-corrected chi connectivity index (χ1v) is 4.26. The van der Waals surface area contributed by atoms with Crippen LogP contribution in [0.2, 0.25) is 0 Å². The van der Waals surface area contributed by atoms with Crippen molar-refractivity contribution < 1.29 is 30.3 Å². The van der Waals surface area contributed by atoms with Gasteiger partial charge in [0.05, 0.1) is 0 Å². The minimum absolute atomic E-state index is 0.121. The van der Waals surface area contributed by atoms with Crippen LogP contribution in [-0.2, 0) is 4.79 Å². The highest BCUT2D eigenvalue weighted by Gasteiger charge is 2.59. The molecule has 5 N–H and O–H groups in total. The second-order valence-electron chi connectivity index (χ2n) is 3.24. The van der Waals surface area contributed by atoms with E-state index in [1.807, 2.05) is 0 Å². The fraction of sp³-hybridized carbons (Fsp3) is 0.875. The van der Waals surface area contributed by atoms with E-state index in [1.54, 1.807) is 0 Å². The van der Waals surface area contributed by atoms with Gasteiger partial charge in [-0.05, 0) is 6.42 Å². The monoisotopic (exact) mass is 208 g/mol. The van der Waals surface area contributed by atoms with Crippen molar-refractivity contribution in [3.63, 3.8) is 0 Å². The highest BCUT2D eigenvalue weighted by molar-refractivity contribution is 5.64. The van der Waals surface area contributed by atoms with Crippen molar-refractivity contribution in [3.8, 4) is 0 Å². The van der Waals surface area contributed by atoms with Crippen molar-refractivity contribution >= 4 is 6.29 Å². The molecule has 6 nitrogen and oxygen atoms in total. The topological polar surface area (TPSA) is 118 Å². The molecule has 0 radical (unpaired) electrons. The summed E-state index contributed by atoms with van der Waals surface area (Å²) >= 11 is 0. The molecular formula is C8H16O6. The number of aliphatic hydroxyl groups is 5. The summed E-state index contributed by atoms with van der Waals surface area (Å²) in [5.41, 5.74) is -2.60. The lowest BCUT2D eigenvalue weighted by molar-refractivity contribution is -0.399. The molecule has 0 spiro atoms. The average molecular weight is 208 g/mol. The lowest BCUT2D eigenvalue weighted by atomic mass is 9.84. The third kappa shape index (κ3) is 1.79. The summed E-state index contributed by atoms with van der Waals surface area (Å²) in [6.45, 7) is 2.57. The number of rotatable bonds is 5. The van der Waals surface area contributed by atoms with Crippen LogP contribution in [0.15, 0.2) is 0 Å². The summed E-state index contributed by atoms with van der Waals surface area (Å²) in [7, 11) is 0. The Hall–Kier alpha value is -0.530. The maximum absolute atomic E-state index is 10.5. The first-order valence-electron chi connectivity index (χ1n) is 4.26. The molecule has 0 aromatic heterocycles. The Balaban J connectivity index is 5.21. The molecule has 0 rings (SSSR count). The third-order valence-corrected chi connectivity index (χ3v) is 2.39. The summed E-state index contributed by atoms with van der Waals surface area (Å²) < 4.78 is 0. The Bertz CT molecular complexity index is 212.